The number of aliphatic hydroxyl groups is 1. The molecule has 112 valence electrons. The van der Waals surface area contributed by atoms with E-state index >= 15 is 0 Å². The van der Waals surface area contributed by atoms with Crippen molar-refractivity contribution in [1.82, 2.24) is 4.72 Å². The summed E-state index contributed by atoms with van der Waals surface area (Å²) in [5.41, 5.74) is -0.213. The summed E-state index contributed by atoms with van der Waals surface area (Å²) in [5.74, 6) is 0. The summed E-state index contributed by atoms with van der Waals surface area (Å²) in [6, 6.07) is 4.29. The summed E-state index contributed by atoms with van der Waals surface area (Å²) in [6.45, 7) is 2.54. The van der Waals surface area contributed by atoms with Gasteiger partial charge in [-0.2, -0.15) is 0 Å². The predicted octanol–water partition coefficient (Wildman–Crippen LogP) is 1.68. The zero-order valence-electron chi connectivity index (χ0n) is 11.2. The highest BCUT2D eigenvalue weighted by Crippen LogP contribution is 2.24. The molecule has 0 spiro atoms. The minimum atomic E-state index is -3.67. The minimum Gasteiger partial charge on any atom is -0.392 e. The van der Waals surface area contributed by atoms with E-state index in [4.69, 9.17) is 21.4 Å². The molecule has 1 saturated heterocycles. The third kappa shape index (κ3) is 3.51. The van der Waals surface area contributed by atoms with Crippen LogP contribution >= 0.6 is 11.6 Å². The van der Waals surface area contributed by atoms with E-state index in [1.165, 1.54) is 18.2 Å². The first-order valence-corrected chi connectivity index (χ1v) is 8.23. The van der Waals surface area contributed by atoms with E-state index in [0.29, 0.717) is 23.8 Å². The highest BCUT2D eigenvalue weighted by atomic mass is 35.5. The first-order valence-electron chi connectivity index (χ1n) is 6.37. The van der Waals surface area contributed by atoms with Crippen LogP contribution in [-0.2, 0) is 21.4 Å². The van der Waals surface area contributed by atoms with Gasteiger partial charge in [-0.3, -0.25) is 0 Å². The fourth-order valence-electron chi connectivity index (χ4n) is 2.24. The lowest BCUT2D eigenvalue weighted by atomic mass is 9.97. The van der Waals surface area contributed by atoms with Crippen LogP contribution < -0.4 is 4.72 Å². The van der Waals surface area contributed by atoms with Gasteiger partial charge in [-0.05, 0) is 43.5 Å². The number of sulfonamides is 1. The van der Waals surface area contributed by atoms with Gasteiger partial charge in [-0.25, -0.2) is 13.1 Å². The second-order valence-corrected chi connectivity index (χ2v) is 7.32. The molecule has 0 amide bonds. The van der Waals surface area contributed by atoms with E-state index < -0.39 is 15.6 Å². The molecule has 1 aliphatic heterocycles. The number of rotatable bonds is 4. The van der Waals surface area contributed by atoms with Crippen molar-refractivity contribution in [3.05, 3.63) is 28.8 Å². The lowest BCUT2D eigenvalue weighted by Crippen LogP contribution is -2.51. The average molecular weight is 320 g/mol. The molecule has 0 aliphatic carbocycles. The van der Waals surface area contributed by atoms with Gasteiger partial charge in [0.15, 0.2) is 0 Å². The smallest absolute Gasteiger partial charge is 0.241 e. The van der Waals surface area contributed by atoms with Gasteiger partial charge in [0, 0.05) is 11.6 Å². The molecule has 0 saturated carbocycles. The largest absolute Gasteiger partial charge is 0.392 e. The Bertz CT molecular complexity index is 582. The minimum absolute atomic E-state index is 0.0951. The van der Waals surface area contributed by atoms with Crippen molar-refractivity contribution >= 4 is 21.6 Å². The van der Waals surface area contributed by atoms with Gasteiger partial charge in [-0.15, -0.1) is 0 Å². The molecule has 1 aromatic rings. The predicted molar refractivity (Wildman–Crippen MR) is 76.2 cm³/mol. The van der Waals surface area contributed by atoms with Gasteiger partial charge in [-0.1, -0.05) is 11.6 Å². The fourth-order valence-corrected chi connectivity index (χ4v) is 3.89. The molecule has 5 nitrogen and oxygen atoms in total. The van der Waals surface area contributed by atoms with Crippen molar-refractivity contribution in [3.63, 3.8) is 0 Å². The SMILES string of the molecule is CC1(NS(=O)(=O)c2ccc(Cl)c(CO)c2)CCCOC1. The summed E-state index contributed by atoms with van der Waals surface area (Å²) in [5, 5.41) is 9.51. The molecule has 7 heteroatoms. The maximum Gasteiger partial charge on any atom is 0.241 e. The topological polar surface area (TPSA) is 75.6 Å². The Labute approximate surface area is 124 Å². The Morgan fingerprint density at radius 2 is 2.25 bits per heavy atom. The van der Waals surface area contributed by atoms with Gasteiger partial charge in [0.1, 0.15) is 0 Å². The van der Waals surface area contributed by atoms with Gasteiger partial charge in [0.2, 0.25) is 10.0 Å². The van der Waals surface area contributed by atoms with Crippen LogP contribution in [-0.4, -0.2) is 32.3 Å². The Morgan fingerprint density at radius 1 is 1.50 bits per heavy atom. The standard InChI is InChI=1S/C13H18ClNO4S/c1-13(5-2-6-19-9-13)15-20(17,18)11-3-4-12(14)10(7-11)8-16/h3-4,7,15-16H,2,5-6,8-9H2,1H3. The molecule has 0 aromatic heterocycles. The summed E-state index contributed by atoms with van der Waals surface area (Å²) in [6.07, 6.45) is 1.55. The molecular formula is C13H18ClNO4S. The maximum absolute atomic E-state index is 12.4. The van der Waals surface area contributed by atoms with Crippen molar-refractivity contribution in [2.75, 3.05) is 13.2 Å². The molecule has 1 aromatic carbocycles. The van der Waals surface area contributed by atoms with Crippen LogP contribution in [0, 0.1) is 0 Å². The molecule has 1 fully saturated rings. The molecule has 1 atom stereocenters. The first-order chi connectivity index (χ1) is 9.36. The summed E-state index contributed by atoms with van der Waals surface area (Å²) in [7, 11) is -3.67. The van der Waals surface area contributed by atoms with Gasteiger partial charge < -0.3 is 9.84 Å². The van der Waals surface area contributed by atoms with E-state index in [-0.39, 0.29) is 11.5 Å². The number of halogens is 1. The van der Waals surface area contributed by atoms with E-state index in [1.54, 1.807) is 0 Å². The molecule has 0 bridgehead atoms. The number of benzene rings is 1. The summed E-state index contributed by atoms with van der Waals surface area (Å²) < 4.78 is 32.8. The molecule has 1 unspecified atom stereocenters. The second kappa shape index (κ2) is 5.99. The number of aliphatic hydroxyl groups excluding tert-OH is 1. The van der Waals surface area contributed by atoms with Crippen LogP contribution in [0.1, 0.15) is 25.3 Å². The van der Waals surface area contributed by atoms with Crippen LogP contribution in [0.3, 0.4) is 0 Å². The highest BCUT2D eigenvalue weighted by molar-refractivity contribution is 7.89. The Hall–Kier alpha value is -0.660. The number of ether oxygens (including phenoxy) is 1. The van der Waals surface area contributed by atoms with Gasteiger partial charge in [0.05, 0.1) is 23.6 Å². The molecule has 1 heterocycles. The maximum atomic E-state index is 12.4. The Balaban J connectivity index is 2.26. The number of nitrogens with one attached hydrogen (secondary N) is 1. The average Bonchev–Trinajstić information content (AvgIpc) is 2.38. The van der Waals surface area contributed by atoms with Crippen LogP contribution in [0.25, 0.3) is 0 Å². The van der Waals surface area contributed by atoms with E-state index in [0.717, 1.165) is 12.8 Å². The van der Waals surface area contributed by atoms with Crippen LogP contribution in [0.5, 0.6) is 0 Å². The van der Waals surface area contributed by atoms with Crippen molar-refractivity contribution < 1.29 is 18.3 Å². The third-order valence-corrected chi connectivity index (χ3v) is 5.32. The van der Waals surface area contributed by atoms with Crippen LogP contribution in [0.2, 0.25) is 5.02 Å². The van der Waals surface area contributed by atoms with Crippen molar-refractivity contribution in [3.8, 4) is 0 Å². The molecule has 1 aliphatic rings. The molecule has 2 N–H and O–H groups in total. The summed E-state index contributed by atoms with van der Waals surface area (Å²) in [4.78, 5) is 0.0951. The second-order valence-electron chi connectivity index (χ2n) is 5.23. The zero-order valence-corrected chi connectivity index (χ0v) is 12.8. The Kier molecular flexibility index (Phi) is 4.71. The molecule has 0 radical (unpaired) electrons. The lowest BCUT2D eigenvalue weighted by molar-refractivity contribution is 0.0386. The highest BCUT2D eigenvalue weighted by Gasteiger charge is 2.33. The quantitative estimate of drug-likeness (QED) is 0.885. The number of hydrogen-bond acceptors (Lipinski definition) is 4. The van der Waals surface area contributed by atoms with E-state index in [9.17, 15) is 8.42 Å². The van der Waals surface area contributed by atoms with E-state index in [1.807, 2.05) is 6.92 Å². The summed E-state index contributed by atoms with van der Waals surface area (Å²) >= 11 is 5.87. The molecular weight excluding hydrogens is 302 g/mol. The van der Waals surface area contributed by atoms with Crippen molar-refractivity contribution in [2.45, 2.75) is 36.8 Å². The number of hydrogen-bond donors (Lipinski definition) is 2. The zero-order chi connectivity index (χ0) is 14.8. The van der Waals surface area contributed by atoms with Crippen LogP contribution in [0.15, 0.2) is 23.1 Å². The molecule has 2 rings (SSSR count). The van der Waals surface area contributed by atoms with Gasteiger partial charge >= 0.3 is 0 Å². The third-order valence-electron chi connectivity index (χ3n) is 3.32. The van der Waals surface area contributed by atoms with Crippen molar-refractivity contribution in [2.24, 2.45) is 0 Å². The fraction of sp³-hybridized carbons (Fsp3) is 0.538. The van der Waals surface area contributed by atoms with Crippen LogP contribution in [0.4, 0.5) is 0 Å². The Morgan fingerprint density at radius 3 is 2.85 bits per heavy atom. The van der Waals surface area contributed by atoms with Gasteiger partial charge in [0.25, 0.3) is 0 Å². The monoisotopic (exact) mass is 319 g/mol. The lowest BCUT2D eigenvalue weighted by Gasteiger charge is -2.33. The van der Waals surface area contributed by atoms with Crippen molar-refractivity contribution in [1.29, 1.82) is 0 Å². The van der Waals surface area contributed by atoms with E-state index in [2.05, 4.69) is 4.72 Å². The first kappa shape index (κ1) is 15.7. The molecule has 20 heavy (non-hydrogen) atoms. The normalized spacial score (nSPS) is 23.8.